The fourth-order valence-corrected chi connectivity index (χ4v) is 2.86. The van der Waals surface area contributed by atoms with Crippen molar-refractivity contribution in [1.29, 1.82) is 0 Å². The molecule has 0 atom stereocenters. The van der Waals surface area contributed by atoms with Crippen molar-refractivity contribution in [2.75, 3.05) is 13.0 Å². The van der Waals surface area contributed by atoms with E-state index in [-0.39, 0.29) is 11.8 Å². The van der Waals surface area contributed by atoms with Gasteiger partial charge in [-0.2, -0.15) is 0 Å². The third kappa shape index (κ3) is 4.57. The summed E-state index contributed by atoms with van der Waals surface area (Å²) in [5, 5.41) is 4.13. The Labute approximate surface area is 169 Å². The van der Waals surface area contributed by atoms with Gasteiger partial charge in [0, 0.05) is 17.5 Å². The number of alkyl halides is 1. The minimum atomic E-state index is -0.698. The van der Waals surface area contributed by atoms with E-state index in [1.807, 2.05) is 50.2 Å². The lowest BCUT2D eigenvalue weighted by Crippen LogP contribution is -2.41. The van der Waals surface area contributed by atoms with Gasteiger partial charge in [0.05, 0.1) is 31.9 Å². The summed E-state index contributed by atoms with van der Waals surface area (Å²) in [7, 11) is 1.62. The summed E-state index contributed by atoms with van der Waals surface area (Å²) in [6, 6.07) is 13.0. The second-order valence-electron chi connectivity index (χ2n) is 7.17. The molecule has 1 aromatic carbocycles. The first-order chi connectivity index (χ1) is 13.4. The molecule has 7 heteroatoms. The number of nitrogens with zero attached hydrogens (tertiary/aromatic N) is 2. The Kier molecular flexibility index (Phi) is 6.09. The summed E-state index contributed by atoms with van der Waals surface area (Å²) in [5.41, 5.74) is 0.831. The first-order valence-corrected chi connectivity index (χ1v) is 9.44. The molecule has 2 heterocycles. The maximum atomic E-state index is 13.0. The average molecular weight is 403 g/mol. The number of hydrogen-bond donors (Lipinski definition) is 0. The van der Waals surface area contributed by atoms with E-state index in [0.29, 0.717) is 30.3 Å². The van der Waals surface area contributed by atoms with Crippen LogP contribution in [0.2, 0.25) is 0 Å². The second kappa shape index (κ2) is 8.52. The summed E-state index contributed by atoms with van der Waals surface area (Å²) in [5.74, 6) is 2.23. The number of hydrogen-bond acceptors (Lipinski definition) is 5. The van der Waals surface area contributed by atoms with Crippen LogP contribution >= 0.6 is 11.6 Å². The normalized spacial score (nSPS) is 11.4. The quantitative estimate of drug-likeness (QED) is 0.509. The molecular formula is C21H23ClN2O4. The molecule has 0 fully saturated rings. The van der Waals surface area contributed by atoms with Gasteiger partial charge >= 0.3 is 0 Å². The topological polar surface area (TPSA) is 68.7 Å². The van der Waals surface area contributed by atoms with Crippen LogP contribution in [0.1, 0.15) is 25.3 Å². The Bertz CT molecular complexity index is 901. The Balaban J connectivity index is 1.80. The number of halogens is 1. The van der Waals surface area contributed by atoms with Crippen molar-refractivity contribution >= 4 is 17.5 Å². The highest BCUT2D eigenvalue weighted by atomic mass is 35.5. The van der Waals surface area contributed by atoms with Crippen LogP contribution in [0.25, 0.3) is 11.3 Å². The van der Waals surface area contributed by atoms with E-state index in [2.05, 4.69) is 5.16 Å². The van der Waals surface area contributed by atoms with E-state index in [0.717, 1.165) is 11.3 Å². The molecule has 0 unspecified atom stereocenters. The van der Waals surface area contributed by atoms with Gasteiger partial charge in [-0.3, -0.25) is 4.79 Å². The van der Waals surface area contributed by atoms with E-state index in [4.69, 9.17) is 25.3 Å². The van der Waals surface area contributed by atoms with Crippen molar-refractivity contribution < 1.29 is 18.5 Å². The number of carbonyl (C=O) groups is 1. The van der Waals surface area contributed by atoms with Gasteiger partial charge in [0.2, 0.25) is 5.91 Å². The highest BCUT2D eigenvalue weighted by Gasteiger charge is 2.32. The van der Waals surface area contributed by atoms with Crippen LogP contribution in [-0.4, -0.2) is 29.0 Å². The van der Waals surface area contributed by atoms with E-state index in [1.54, 1.807) is 24.3 Å². The number of amides is 1. The van der Waals surface area contributed by atoms with Crippen LogP contribution in [0.3, 0.4) is 0 Å². The molecule has 0 radical (unpaired) electrons. The van der Waals surface area contributed by atoms with Gasteiger partial charge in [-0.15, -0.1) is 11.6 Å². The Hall–Kier alpha value is -2.73. The molecule has 148 valence electrons. The number of furan rings is 1. The maximum Gasteiger partial charge on any atom is 0.230 e. The largest absolute Gasteiger partial charge is 0.497 e. The molecule has 0 spiro atoms. The lowest BCUT2D eigenvalue weighted by Gasteiger charge is -2.29. The average Bonchev–Trinajstić information content (AvgIpc) is 3.39. The van der Waals surface area contributed by atoms with Gasteiger partial charge in [0.15, 0.2) is 5.76 Å². The highest BCUT2D eigenvalue weighted by molar-refractivity contribution is 6.19. The lowest BCUT2D eigenvalue weighted by atomic mass is 9.94. The predicted molar refractivity (Wildman–Crippen MR) is 106 cm³/mol. The molecule has 2 aromatic heterocycles. The van der Waals surface area contributed by atoms with Crippen molar-refractivity contribution in [3.05, 3.63) is 60.2 Å². The maximum absolute atomic E-state index is 13.0. The number of rotatable bonds is 8. The fourth-order valence-electron chi connectivity index (χ4n) is 2.75. The first kappa shape index (κ1) is 20.0. The summed E-state index contributed by atoms with van der Waals surface area (Å²) in [6.07, 6.45) is 1.59. The highest BCUT2D eigenvalue weighted by Crippen LogP contribution is 2.26. The van der Waals surface area contributed by atoms with Gasteiger partial charge in [-0.25, -0.2) is 0 Å². The van der Waals surface area contributed by atoms with Crippen molar-refractivity contribution in [3.63, 3.8) is 0 Å². The summed E-state index contributed by atoms with van der Waals surface area (Å²) in [4.78, 5) is 14.7. The third-order valence-electron chi connectivity index (χ3n) is 4.41. The van der Waals surface area contributed by atoms with Crippen LogP contribution in [0.15, 0.2) is 57.7 Å². The molecule has 28 heavy (non-hydrogen) atoms. The Morgan fingerprint density at radius 2 is 1.96 bits per heavy atom. The van der Waals surface area contributed by atoms with Crippen LogP contribution in [-0.2, 0) is 17.9 Å². The number of aromatic nitrogens is 1. The number of methoxy groups -OCH3 is 1. The lowest BCUT2D eigenvalue weighted by molar-refractivity contribution is -0.140. The zero-order valence-corrected chi connectivity index (χ0v) is 16.9. The van der Waals surface area contributed by atoms with E-state index >= 15 is 0 Å². The Morgan fingerprint density at radius 1 is 1.21 bits per heavy atom. The standard InChI is InChI=1S/C21H23ClN2O4/c1-21(2,14-22)20(25)24(13-18-5-4-10-27-18)12-16-11-19(28-23-16)15-6-8-17(26-3)9-7-15/h4-11H,12-14H2,1-3H3. The second-order valence-corrected chi connectivity index (χ2v) is 7.44. The van der Waals surface area contributed by atoms with Crippen molar-refractivity contribution in [2.45, 2.75) is 26.9 Å². The molecule has 0 N–H and O–H groups in total. The SMILES string of the molecule is COc1ccc(-c2cc(CN(Cc3ccco3)C(=O)C(C)(C)CCl)no2)cc1. The van der Waals surface area contributed by atoms with Crippen LogP contribution in [0, 0.1) is 5.41 Å². The minimum absolute atomic E-state index is 0.0760. The zero-order chi connectivity index (χ0) is 20.1. The van der Waals surface area contributed by atoms with E-state index in [1.165, 1.54) is 0 Å². The van der Waals surface area contributed by atoms with Gasteiger partial charge < -0.3 is 18.6 Å². The van der Waals surface area contributed by atoms with Gasteiger partial charge in [-0.1, -0.05) is 5.16 Å². The summed E-state index contributed by atoms with van der Waals surface area (Å²) >= 11 is 6.01. The molecular weight excluding hydrogens is 380 g/mol. The molecule has 3 rings (SSSR count). The molecule has 0 aliphatic rings. The van der Waals surface area contributed by atoms with Gasteiger partial charge in [-0.05, 0) is 50.2 Å². The Morgan fingerprint density at radius 3 is 2.57 bits per heavy atom. The molecule has 0 saturated heterocycles. The number of ether oxygens (including phenoxy) is 1. The molecule has 6 nitrogen and oxygen atoms in total. The van der Waals surface area contributed by atoms with E-state index < -0.39 is 5.41 Å². The van der Waals surface area contributed by atoms with Crippen molar-refractivity contribution in [3.8, 4) is 17.1 Å². The fraction of sp³-hybridized carbons (Fsp3) is 0.333. The molecule has 3 aromatic rings. The van der Waals surface area contributed by atoms with Crippen LogP contribution < -0.4 is 4.74 Å². The van der Waals surface area contributed by atoms with Crippen LogP contribution in [0.5, 0.6) is 5.75 Å². The smallest absolute Gasteiger partial charge is 0.230 e. The summed E-state index contributed by atoms with van der Waals surface area (Å²) < 4.78 is 16.1. The third-order valence-corrected chi connectivity index (χ3v) is 5.08. The first-order valence-electron chi connectivity index (χ1n) is 8.90. The van der Waals surface area contributed by atoms with Crippen molar-refractivity contribution in [1.82, 2.24) is 10.1 Å². The minimum Gasteiger partial charge on any atom is -0.497 e. The van der Waals surface area contributed by atoms with Crippen LogP contribution in [0.4, 0.5) is 0 Å². The summed E-state index contributed by atoms with van der Waals surface area (Å²) in [6.45, 7) is 4.27. The monoisotopic (exact) mass is 402 g/mol. The molecule has 0 bridgehead atoms. The molecule has 0 aliphatic carbocycles. The molecule has 0 saturated carbocycles. The zero-order valence-electron chi connectivity index (χ0n) is 16.1. The van der Waals surface area contributed by atoms with Crippen molar-refractivity contribution in [2.24, 2.45) is 5.41 Å². The number of carbonyl (C=O) groups excluding carboxylic acids is 1. The number of benzene rings is 1. The molecule has 1 amide bonds. The van der Waals surface area contributed by atoms with E-state index in [9.17, 15) is 4.79 Å². The van der Waals surface area contributed by atoms with Gasteiger partial charge in [0.25, 0.3) is 0 Å². The van der Waals surface area contributed by atoms with Gasteiger partial charge in [0.1, 0.15) is 17.2 Å². The predicted octanol–water partition coefficient (Wildman–Crippen LogP) is 4.74. The molecule has 0 aliphatic heterocycles.